The van der Waals surface area contributed by atoms with Crippen molar-refractivity contribution in [3.63, 3.8) is 0 Å². The molecule has 0 aromatic heterocycles. The minimum atomic E-state index is -1.17. The van der Waals surface area contributed by atoms with E-state index in [9.17, 15) is 9.59 Å². The van der Waals surface area contributed by atoms with E-state index in [0.717, 1.165) is 0 Å². The number of carboxylic acid groups (broad SMARTS) is 1. The van der Waals surface area contributed by atoms with Crippen LogP contribution in [-0.2, 0) is 4.74 Å². The van der Waals surface area contributed by atoms with Crippen LogP contribution in [0.15, 0.2) is 0 Å². The maximum Gasteiger partial charge on any atom is 0.408 e. The molecule has 0 spiro atoms. The van der Waals surface area contributed by atoms with Gasteiger partial charge >= 0.3 is 12.2 Å². The zero-order valence-corrected chi connectivity index (χ0v) is 9.24. The Labute approximate surface area is 89.0 Å². The summed E-state index contributed by atoms with van der Waals surface area (Å²) in [6, 6.07) is 0. The van der Waals surface area contributed by atoms with Gasteiger partial charge in [0.15, 0.2) is 0 Å². The van der Waals surface area contributed by atoms with Crippen LogP contribution in [0.4, 0.5) is 9.59 Å². The second kappa shape index (κ2) is 6.92. The standard InChI is InChI=1S/C9H18N2O4/c1-4-15-9(14)11-7(5-6(2)3)10-8(12)13/h6-7,10H,4-5H2,1-3H3,(H,11,14)(H,12,13). The van der Waals surface area contributed by atoms with Crippen molar-refractivity contribution in [2.24, 2.45) is 5.92 Å². The first-order valence-corrected chi connectivity index (χ1v) is 4.88. The number of rotatable bonds is 5. The molecule has 3 N–H and O–H groups in total. The third kappa shape index (κ3) is 7.60. The zero-order valence-electron chi connectivity index (χ0n) is 9.24. The highest BCUT2D eigenvalue weighted by molar-refractivity contribution is 5.69. The monoisotopic (exact) mass is 218 g/mol. The van der Waals surface area contributed by atoms with Crippen LogP contribution in [0, 0.1) is 5.92 Å². The first-order chi connectivity index (χ1) is 6.95. The summed E-state index contributed by atoms with van der Waals surface area (Å²) in [6.45, 7) is 5.81. The number of carbonyl (C=O) groups is 2. The summed E-state index contributed by atoms with van der Waals surface area (Å²) in [5.74, 6) is 0.267. The Balaban J connectivity index is 4.11. The highest BCUT2D eigenvalue weighted by Gasteiger charge is 2.16. The number of alkyl carbamates (subject to hydrolysis) is 1. The fourth-order valence-electron chi connectivity index (χ4n) is 1.09. The molecule has 88 valence electrons. The third-order valence-corrected chi connectivity index (χ3v) is 1.57. The van der Waals surface area contributed by atoms with Crippen molar-refractivity contribution in [3.05, 3.63) is 0 Å². The number of nitrogens with one attached hydrogen (secondary N) is 2. The Hall–Kier alpha value is -1.46. The van der Waals surface area contributed by atoms with E-state index in [1.807, 2.05) is 13.8 Å². The van der Waals surface area contributed by atoms with Gasteiger partial charge in [0.2, 0.25) is 0 Å². The highest BCUT2D eigenvalue weighted by atomic mass is 16.5. The summed E-state index contributed by atoms with van der Waals surface area (Å²) >= 11 is 0. The van der Waals surface area contributed by atoms with Gasteiger partial charge in [0.25, 0.3) is 0 Å². The topological polar surface area (TPSA) is 87.7 Å². The normalized spacial score (nSPS) is 12.0. The molecule has 0 aliphatic carbocycles. The van der Waals surface area contributed by atoms with Crippen molar-refractivity contribution in [2.45, 2.75) is 33.4 Å². The fourth-order valence-corrected chi connectivity index (χ4v) is 1.09. The van der Waals surface area contributed by atoms with Crippen molar-refractivity contribution in [3.8, 4) is 0 Å². The molecule has 0 aliphatic rings. The van der Waals surface area contributed by atoms with Gasteiger partial charge in [0.05, 0.1) is 6.61 Å². The van der Waals surface area contributed by atoms with Crippen LogP contribution in [-0.4, -0.2) is 30.1 Å². The van der Waals surface area contributed by atoms with Gasteiger partial charge in [-0.25, -0.2) is 9.59 Å². The Morgan fingerprint density at radius 2 is 1.93 bits per heavy atom. The van der Waals surface area contributed by atoms with Gasteiger partial charge in [-0.3, -0.25) is 0 Å². The van der Waals surface area contributed by atoms with Crippen LogP contribution < -0.4 is 10.6 Å². The van der Waals surface area contributed by atoms with Gasteiger partial charge in [0, 0.05) is 0 Å². The van der Waals surface area contributed by atoms with Crippen molar-refractivity contribution in [1.29, 1.82) is 0 Å². The second-order valence-electron chi connectivity index (χ2n) is 3.50. The van der Waals surface area contributed by atoms with E-state index in [0.29, 0.717) is 6.42 Å². The summed E-state index contributed by atoms with van der Waals surface area (Å²) in [4.78, 5) is 21.5. The maximum atomic E-state index is 11.1. The lowest BCUT2D eigenvalue weighted by Gasteiger charge is -2.19. The Morgan fingerprint density at radius 1 is 1.33 bits per heavy atom. The number of carbonyl (C=O) groups excluding carboxylic acids is 1. The average molecular weight is 218 g/mol. The molecule has 0 fully saturated rings. The lowest BCUT2D eigenvalue weighted by Crippen LogP contribution is -2.48. The Morgan fingerprint density at radius 3 is 2.33 bits per heavy atom. The minimum absolute atomic E-state index is 0.257. The van der Waals surface area contributed by atoms with E-state index in [1.165, 1.54) is 0 Å². The molecule has 1 atom stereocenters. The number of ether oxygens (including phenoxy) is 1. The lowest BCUT2D eigenvalue weighted by molar-refractivity contribution is 0.142. The molecule has 2 amide bonds. The third-order valence-electron chi connectivity index (χ3n) is 1.57. The largest absolute Gasteiger partial charge is 0.465 e. The fraction of sp³-hybridized carbons (Fsp3) is 0.778. The number of amides is 2. The van der Waals surface area contributed by atoms with Gasteiger partial charge in [0.1, 0.15) is 6.17 Å². The summed E-state index contributed by atoms with van der Waals surface area (Å²) in [7, 11) is 0. The van der Waals surface area contributed by atoms with Crippen LogP contribution in [0.25, 0.3) is 0 Å². The summed E-state index contributed by atoms with van der Waals surface area (Å²) < 4.78 is 4.65. The van der Waals surface area contributed by atoms with Crippen molar-refractivity contribution >= 4 is 12.2 Å². The molecule has 0 rings (SSSR count). The number of hydrogen-bond acceptors (Lipinski definition) is 3. The van der Waals surface area contributed by atoms with Gasteiger partial charge in [-0.15, -0.1) is 0 Å². The molecule has 1 unspecified atom stereocenters. The SMILES string of the molecule is CCOC(=O)NC(CC(C)C)NC(=O)O. The Kier molecular flexibility index (Phi) is 6.24. The van der Waals surface area contributed by atoms with E-state index in [1.54, 1.807) is 6.92 Å². The van der Waals surface area contributed by atoms with Crippen molar-refractivity contribution < 1.29 is 19.4 Å². The van der Waals surface area contributed by atoms with Crippen LogP contribution >= 0.6 is 0 Å². The molecule has 0 aromatic carbocycles. The predicted molar refractivity (Wildman–Crippen MR) is 54.6 cm³/mol. The number of hydrogen-bond donors (Lipinski definition) is 3. The van der Waals surface area contributed by atoms with Crippen LogP contribution in [0.2, 0.25) is 0 Å². The predicted octanol–water partition coefficient (Wildman–Crippen LogP) is 1.37. The molecule has 0 radical (unpaired) electrons. The van der Waals surface area contributed by atoms with Crippen molar-refractivity contribution in [2.75, 3.05) is 6.61 Å². The first kappa shape index (κ1) is 13.5. The summed E-state index contributed by atoms with van der Waals surface area (Å²) in [5.41, 5.74) is 0. The van der Waals surface area contributed by atoms with Gasteiger partial charge < -0.3 is 20.5 Å². The van der Waals surface area contributed by atoms with Gasteiger partial charge in [-0.1, -0.05) is 13.8 Å². The first-order valence-electron chi connectivity index (χ1n) is 4.88. The molecule has 6 nitrogen and oxygen atoms in total. The summed E-state index contributed by atoms with van der Waals surface area (Å²) in [5, 5.41) is 13.2. The van der Waals surface area contributed by atoms with Crippen LogP contribution in [0.5, 0.6) is 0 Å². The molecule has 6 heteroatoms. The molecule has 0 saturated carbocycles. The van der Waals surface area contributed by atoms with Gasteiger partial charge in [-0.05, 0) is 19.3 Å². The molecule has 0 aliphatic heterocycles. The molecule has 0 bridgehead atoms. The lowest BCUT2D eigenvalue weighted by atomic mass is 10.1. The minimum Gasteiger partial charge on any atom is -0.465 e. The van der Waals surface area contributed by atoms with E-state index in [4.69, 9.17) is 5.11 Å². The molecule has 15 heavy (non-hydrogen) atoms. The summed E-state index contributed by atoms with van der Waals surface area (Å²) in [6.07, 6.45) is -1.87. The highest BCUT2D eigenvalue weighted by Crippen LogP contribution is 2.02. The van der Waals surface area contributed by atoms with Gasteiger partial charge in [-0.2, -0.15) is 0 Å². The van der Waals surface area contributed by atoms with E-state index >= 15 is 0 Å². The second-order valence-corrected chi connectivity index (χ2v) is 3.50. The molecule has 0 saturated heterocycles. The average Bonchev–Trinajstić information content (AvgIpc) is 2.00. The maximum absolute atomic E-state index is 11.1. The Bertz CT molecular complexity index is 218. The molecule has 0 aromatic rings. The van der Waals surface area contributed by atoms with Crippen molar-refractivity contribution in [1.82, 2.24) is 10.6 Å². The van der Waals surface area contributed by atoms with E-state index < -0.39 is 18.4 Å². The quantitative estimate of drug-likeness (QED) is 0.608. The van der Waals surface area contributed by atoms with E-state index in [-0.39, 0.29) is 12.5 Å². The smallest absolute Gasteiger partial charge is 0.408 e. The van der Waals surface area contributed by atoms with Crippen LogP contribution in [0.1, 0.15) is 27.2 Å². The molecule has 0 heterocycles. The molecular formula is C9H18N2O4. The molecular weight excluding hydrogens is 200 g/mol. The zero-order chi connectivity index (χ0) is 11.8. The van der Waals surface area contributed by atoms with E-state index in [2.05, 4.69) is 15.4 Å². The van der Waals surface area contributed by atoms with Crippen LogP contribution in [0.3, 0.4) is 0 Å².